The van der Waals surface area contributed by atoms with E-state index in [1.54, 1.807) is 6.20 Å². The van der Waals surface area contributed by atoms with Gasteiger partial charge in [0.05, 0.1) is 6.04 Å². The van der Waals surface area contributed by atoms with Gasteiger partial charge in [-0.2, -0.15) is 0 Å². The van der Waals surface area contributed by atoms with E-state index >= 15 is 0 Å². The number of hydrogen-bond acceptors (Lipinski definition) is 4. The Morgan fingerprint density at radius 1 is 1.37 bits per heavy atom. The average Bonchev–Trinajstić information content (AvgIpc) is 2.45. The van der Waals surface area contributed by atoms with Gasteiger partial charge in [0.1, 0.15) is 0 Å². The zero-order valence-electron chi connectivity index (χ0n) is 12.1. The molecule has 108 valence electrons. The highest BCUT2D eigenvalue weighted by molar-refractivity contribution is 5.16. The van der Waals surface area contributed by atoms with Crippen molar-refractivity contribution in [2.75, 3.05) is 20.2 Å². The van der Waals surface area contributed by atoms with E-state index in [1.807, 2.05) is 12.3 Å². The van der Waals surface area contributed by atoms with Crippen molar-refractivity contribution in [3.05, 3.63) is 30.1 Å². The Kier molecular flexibility index (Phi) is 7.63. The molecule has 1 aromatic heterocycles. The topological polar surface area (TPSA) is 62.4 Å². The maximum Gasteiger partial charge on any atom is 0.0511 e. The smallest absolute Gasteiger partial charge is 0.0511 e. The molecule has 1 rings (SSSR count). The Hall–Kier alpha value is -0.970. The Bertz CT molecular complexity index is 331. The average molecular weight is 265 g/mol. The van der Waals surface area contributed by atoms with Crippen LogP contribution in [0.25, 0.3) is 0 Å². The van der Waals surface area contributed by atoms with Crippen molar-refractivity contribution in [1.29, 1.82) is 0 Å². The zero-order valence-corrected chi connectivity index (χ0v) is 12.1. The molecule has 1 aromatic rings. The van der Waals surface area contributed by atoms with E-state index in [1.165, 1.54) is 5.56 Å². The van der Waals surface area contributed by atoms with Crippen molar-refractivity contribution >= 4 is 0 Å². The standard InChI is InChI=1S/C15H27N3O/c1-3-14(16)15(13-8-7-9-17-12-13)18(2)10-5-4-6-11-19/h7-9,12,14-15,19H,3-6,10-11,16H2,1-2H3. The second-order valence-electron chi connectivity index (χ2n) is 5.07. The predicted molar refractivity (Wildman–Crippen MR) is 78.8 cm³/mol. The summed E-state index contributed by atoms with van der Waals surface area (Å²) in [4.78, 5) is 6.51. The molecule has 0 saturated heterocycles. The van der Waals surface area contributed by atoms with Gasteiger partial charge in [-0.1, -0.05) is 13.0 Å². The molecule has 0 saturated carbocycles. The third-order valence-electron chi connectivity index (χ3n) is 3.55. The minimum Gasteiger partial charge on any atom is -0.396 e. The summed E-state index contributed by atoms with van der Waals surface area (Å²) in [6.07, 6.45) is 7.67. The van der Waals surface area contributed by atoms with E-state index in [9.17, 15) is 0 Å². The molecule has 19 heavy (non-hydrogen) atoms. The maximum absolute atomic E-state index is 8.80. The second-order valence-corrected chi connectivity index (χ2v) is 5.07. The predicted octanol–water partition coefficient (Wildman–Crippen LogP) is 1.95. The van der Waals surface area contributed by atoms with Crippen molar-refractivity contribution in [3.63, 3.8) is 0 Å². The summed E-state index contributed by atoms with van der Waals surface area (Å²) in [6.45, 7) is 3.39. The third kappa shape index (κ3) is 5.27. The zero-order chi connectivity index (χ0) is 14.1. The summed E-state index contributed by atoms with van der Waals surface area (Å²) in [7, 11) is 2.12. The van der Waals surface area contributed by atoms with E-state index in [-0.39, 0.29) is 18.7 Å². The van der Waals surface area contributed by atoms with Crippen LogP contribution in [0.2, 0.25) is 0 Å². The number of pyridine rings is 1. The minimum absolute atomic E-state index is 0.118. The molecule has 0 radical (unpaired) electrons. The molecular weight excluding hydrogens is 238 g/mol. The molecule has 0 aliphatic carbocycles. The van der Waals surface area contributed by atoms with Crippen LogP contribution in [-0.2, 0) is 0 Å². The normalized spacial score (nSPS) is 14.6. The maximum atomic E-state index is 8.80. The largest absolute Gasteiger partial charge is 0.396 e. The van der Waals surface area contributed by atoms with Gasteiger partial charge in [0.25, 0.3) is 0 Å². The Balaban J connectivity index is 2.64. The molecule has 4 nitrogen and oxygen atoms in total. The van der Waals surface area contributed by atoms with Crippen LogP contribution in [0.1, 0.15) is 44.2 Å². The van der Waals surface area contributed by atoms with Gasteiger partial charge in [-0.3, -0.25) is 9.88 Å². The Morgan fingerprint density at radius 2 is 2.16 bits per heavy atom. The van der Waals surface area contributed by atoms with E-state index in [0.29, 0.717) is 0 Å². The summed E-state index contributed by atoms with van der Waals surface area (Å²) in [5.74, 6) is 0. The van der Waals surface area contributed by atoms with Crippen LogP contribution in [0.15, 0.2) is 24.5 Å². The fourth-order valence-corrected chi connectivity index (χ4v) is 2.39. The van der Waals surface area contributed by atoms with Crippen LogP contribution < -0.4 is 5.73 Å². The lowest BCUT2D eigenvalue weighted by atomic mass is 9.98. The van der Waals surface area contributed by atoms with Crippen molar-refractivity contribution in [3.8, 4) is 0 Å². The van der Waals surface area contributed by atoms with Crippen molar-refractivity contribution in [1.82, 2.24) is 9.88 Å². The molecule has 0 aliphatic heterocycles. The Labute approximate surface area is 116 Å². The molecular formula is C15H27N3O. The highest BCUT2D eigenvalue weighted by Crippen LogP contribution is 2.23. The van der Waals surface area contributed by atoms with E-state index in [0.717, 1.165) is 32.2 Å². The fourth-order valence-electron chi connectivity index (χ4n) is 2.39. The molecule has 0 spiro atoms. The minimum atomic E-state index is 0.118. The Morgan fingerprint density at radius 3 is 2.74 bits per heavy atom. The molecule has 4 heteroatoms. The SMILES string of the molecule is CCC(N)C(c1cccnc1)N(C)CCCCCO. The molecule has 0 fully saturated rings. The summed E-state index contributed by atoms with van der Waals surface area (Å²) in [6, 6.07) is 4.39. The summed E-state index contributed by atoms with van der Waals surface area (Å²) < 4.78 is 0. The third-order valence-corrected chi connectivity index (χ3v) is 3.55. The number of aromatic nitrogens is 1. The van der Waals surface area contributed by atoms with Crippen LogP contribution >= 0.6 is 0 Å². The number of unbranched alkanes of at least 4 members (excludes halogenated alkanes) is 2. The monoisotopic (exact) mass is 265 g/mol. The molecule has 1 heterocycles. The van der Waals surface area contributed by atoms with E-state index < -0.39 is 0 Å². The van der Waals surface area contributed by atoms with E-state index in [4.69, 9.17) is 10.8 Å². The van der Waals surface area contributed by atoms with Gasteiger partial charge in [-0.05, 0) is 50.9 Å². The molecule has 2 unspecified atom stereocenters. The first-order valence-corrected chi connectivity index (χ1v) is 7.17. The van der Waals surface area contributed by atoms with Gasteiger partial charge in [0, 0.05) is 25.0 Å². The van der Waals surface area contributed by atoms with Crippen LogP contribution in [-0.4, -0.2) is 41.2 Å². The van der Waals surface area contributed by atoms with Crippen LogP contribution in [0.4, 0.5) is 0 Å². The molecule has 3 N–H and O–H groups in total. The lowest BCUT2D eigenvalue weighted by Gasteiger charge is -2.32. The number of hydrogen-bond donors (Lipinski definition) is 2. The second kappa shape index (κ2) is 9.02. The van der Waals surface area contributed by atoms with Gasteiger partial charge < -0.3 is 10.8 Å². The highest BCUT2D eigenvalue weighted by atomic mass is 16.2. The summed E-state index contributed by atoms with van der Waals surface area (Å²) >= 11 is 0. The van der Waals surface area contributed by atoms with Crippen molar-refractivity contribution in [2.24, 2.45) is 5.73 Å². The lowest BCUT2D eigenvalue weighted by Crippen LogP contribution is -2.39. The highest BCUT2D eigenvalue weighted by Gasteiger charge is 2.22. The number of nitrogens with zero attached hydrogens (tertiary/aromatic N) is 2. The summed E-state index contributed by atoms with van der Waals surface area (Å²) in [5, 5.41) is 8.80. The molecule has 0 bridgehead atoms. The van der Waals surface area contributed by atoms with Gasteiger partial charge >= 0.3 is 0 Å². The first-order valence-electron chi connectivity index (χ1n) is 7.17. The van der Waals surface area contributed by atoms with Gasteiger partial charge in [0.2, 0.25) is 0 Å². The number of aliphatic hydroxyl groups excluding tert-OH is 1. The first kappa shape index (κ1) is 16.1. The number of rotatable bonds is 9. The van der Waals surface area contributed by atoms with Gasteiger partial charge in [-0.15, -0.1) is 0 Å². The summed E-state index contributed by atoms with van der Waals surface area (Å²) in [5.41, 5.74) is 7.45. The first-order chi connectivity index (χ1) is 9.20. The van der Waals surface area contributed by atoms with Crippen molar-refractivity contribution < 1.29 is 5.11 Å². The van der Waals surface area contributed by atoms with Gasteiger partial charge in [0.15, 0.2) is 0 Å². The van der Waals surface area contributed by atoms with Crippen LogP contribution in [0.5, 0.6) is 0 Å². The van der Waals surface area contributed by atoms with E-state index in [2.05, 4.69) is 29.9 Å². The fraction of sp³-hybridized carbons (Fsp3) is 0.667. The quantitative estimate of drug-likeness (QED) is 0.670. The van der Waals surface area contributed by atoms with Gasteiger partial charge in [-0.25, -0.2) is 0 Å². The molecule has 0 aromatic carbocycles. The van der Waals surface area contributed by atoms with Crippen LogP contribution in [0, 0.1) is 0 Å². The molecule has 2 atom stereocenters. The van der Waals surface area contributed by atoms with Crippen molar-refractivity contribution in [2.45, 2.75) is 44.7 Å². The number of aliphatic hydroxyl groups is 1. The molecule has 0 aliphatic rings. The molecule has 0 amide bonds. The number of likely N-dealkylation sites (N-methyl/N-ethyl adjacent to an activating group) is 1. The number of nitrogens with two attached hydrogens (primary N) is 1. The lowest BCUT2D eigenvalue weighted by molar-refractivity contribution is 0.202. The van der Waals surface area contributed by atoms with Crippen LogP contribution in [0.3, 0.4) is 0 Å².